The zero-order chi connectivity index (χ0) is 14.8. The Morgan fingerprint density at radius 2 is 1.44 bits per heavy atom. The highest BCUT2D eigenvalue weighted by Crippen LogP contribution is 2.46. The smallest absolute Gasteiger partial charge is 0.322 e. The van der Waals surface area contributed by atoms with Crippen LogP contribution in [0, 0.1) is 16.2 Å². The molecule has 1 unspecified atom stereocenters. The molecule has 0 aromatic rings. The van der Waals surface area contributed by atoms with E-state index in [1.807, 2.05) is 27.7 Å². The number of carboxylic acids is 1. The van der Waals surface area contributed by atoms with Gasteiger partial charge >= 0.3 is 5.97 Å². The first kappa shape index (κ1) is 16.9. The number of rotatable bonds is 4. The van der Waals surface area contributed by atoms with Crippen LogP contribution >= 0.6 is 0 Å². The molecule has 0 heterocycles. The molecular formula is C14H27NO3. The summed E-state index contributed by atoms with van der Waals surface area (Å²) in [6.07, 6.45) is 0.703. The van der Waals surface area contributed by atoms with Gasteiger partial charge in [-0.25, -0.2) is 0 Å². The van der Waals surface area contributed by atoms with Crippen molar-refractivity contribution < 1.29 is 14.7 Å². The fourth-order valence-corrected chi connectivity index (χ4v) is 2.10. The van der Waals surface area contributed by atoms with Gasteiger partial charge in [-0.1, -0.05) is 48.5 Å². The van der Waals surface area contributed by atoms with Crippen molar-refractivity contribution in [3.05, 3.63) is 0 Å². The number of hydrogen-bond acceptors (Lipinski definition) is 2. The summed E-state index contributed by atoms with van der Waals surface area (Å²) in [5, 5.41) is 11.2. The van der Waals surface area contributed by atoms with Crippen LogP contribution in [0.4, 0.5) is 0 Å². The Morgan fingerprint density at radius 1 is 1.00 bits per heavy atom. The maximum atomic E-state index is 12.3. The summed E-state index contributed by atoms with van der Waals surface area (Å²) in [5.41, 5.74) is -0.827. The van der Waals surface area contributed by atoms with Crippen molar-refractivity contribution in [2.75, 3.05) is 6.54 Å². The molecule has 0 spiro atoms. The predicted octanol–water partition coefficient (Wildman–Crippen LogP) is 2.68. The lowest BCUT2D eigenvalue weighted by Crippen LogP contribution is -2.50. The molecule has 0 aromatic heterocycles. The van der Waals surface area contributed by atoms with Crippen molar-refractivity contribution in [2.45, 2.75) is 54.9 Å². The van der Waals surface area contributed by atoms with Gasteiger partial charge in [-0.2, -0.15) is 0 Å². The standard InChI is InChI=1S/C14H27NO3/c1-12(2,3)9-14(7,13(4,5)6)11(18)15-8-10(16)17/h8-9H2,1-7H3,(H,15,18)(H,16,17). The highest BCUT2D eigenvalue weighted by atomic mass is 16.4. The van der Waals surface area contributed by atoms with Gasteiger partial charge in [-0.3, -0.25) is 9.59 Å². The third kappa shape index (κ3) is 4.67. The molecule has 0 aromatic carbocycles. The molecule has 0 fully saturated rings. The van der Waals surface area contributed by atoms with Gasteiger partial charge in [-0.05, 0) is 17.3 Å². The van der Waals surface area contributed by atoms with Gasteiger partial charge in [0.25, 0.3) is 0 Å². The van der Waals surface area contributed by atoms with E-state index in [2.05, 4.69) is 26.1 Å². The van der Waals surface area contributed by atoms with E-state index in [1.165, 1.54) is 0 Å². The van der Waals surface area contributed by atoms with Crippen molar-refractivity contribution in [3.63, 3.8) is 0 Å². The molecule has 0 saturated heterocycles. The molecule has 0 saturated carbocycles. The summed E-state index contributed by atoms with van der Waals surface area (Å²) in [6, 6.07) is 0. The fraction of sp³-hybridized carbons (Fsp3) is 0.857. The highest BCUT2D eigenvalue weighted by Gasteiger charge is 2.46. The van der Waals surface area contributed by atoms with Gasteiger partial charge in [-0.15, -0.1) is 0 Å². The van der Waals surface area contributed by atoms with E-state index in [-0.39, 0.29) is 23.3 Å². The molecule has 0 aliphatic heterocycles. The molecule has 4 heteroatoms. The van der Waals surface area contributed by atoms with Crippen LogP contribution in [0.25, 0.3) is 0 Å². The number of hydrogen-bond donors (Lipinski definition) is 2. The number of carboxylic acid groups (broad SMARTS) is 1. The summed E-state index contributed by atoms with van der Waals surface area (Å²) in [6.45, 7) is 13.9. The van der Waals surface area contributed by atoms with Crippen LogP contribution in [0.3, 0.4) is 0 Å². The van der Waals surface area contributed by atoms with Gasteiger partial charge in [0, 0.05) is 0 Å². The summed E-state index contributed by atoms with van der Waals surface area (Å²) < 4.78 is 0. The number of nitrogens with one attached hydrogen (secondary N) is 1. The zero-order valence-corrected chi connectivity index (χ0v) is 12.7. The van der Waals surface area contributed by atoms with E-state index in [1.54, 1.807) is 0 Å². The van der Waals surface area contributed by atoms with Gasteiger partial charge in [0.05, 0.1) is 5.41 Å². The maximum absolute atomic E-state index is 12.3. The number of aliphatic carboxylic acids is 1. The third-order valence-electron chi connectivity index (χ3n) is 3.44. The molecule has 0 aliphatic carbocycles. The van der Waals surface area contributed by atoms with Gasteiger partial charge < -0.3 is 10.4 Å². The van der Waals surface area contributed by atoms with Crippen LogP contribution in [0.2, 0.25) is 0 Å². The van der Waals surface area contributed by atoms with E-state index in [9.17, 15) is 9.59 Å². The summed E-state index contributed by atoms with van der Waals surface area (Å²) in [5.74, 6) is -1.21. The number of carbonyl (C=O) groups excluding carboxylic acids is 1. The number of amides is 1. The lowest BCUT2D eigenvalue weighted by Gasteiger charge is -2.44. The second-order valence-electron chi connectivity index (χ2n) is 7.40. The fourth-order valence-electron chi connectivity index (χ4n) is 2.10. The molecule has 0 rings (SSSR count). The second-order valence-corrected chi connectivity index (χ2v) is 7.40. The lowest BCUT2D eigenvalue weighted by atomic mass is 9.61. The molecule has 0 radical (unpaired) electrons. The van der Waals surface area contributed by atoms with Crippen LogP contribution in [-0.2, 0) is 9.59 Å². The monoisotopic (exact) mass is 257 g/mol. The van der Waals surface area contributed by atoms with E-state index in [0.29, 0.717) is 6.42 Å². The predicted molar refractivity (Wildman–Crippen MR) is 72.3 cm³/mol. The van der Waals surface area contributed by atoms with Gasteiger partial charge in [0.1, 0.15) is 6.54 Å². The Kier molecular flexibility index (Phi) is 4.98. The van der Waals surface area contributed by atoms with Crippen LogP contribution in [0.5, 0.6) is 0 Å². The van der Waals surface area contributed by atoms with Gasteiger partial charge in [0.2, 0.25) is 5.91 Å². The Bertz CT molecular complexity index is 323. The second kappa shape index (κ2) is 5.29. The van der Waals surface area contributed by atoms with E-state index in [0.717, 1.165) is 0 Å². The minimum absolute atomic E-state index is 0.00257. The molecule has 0 bridgehead atoms. The molecule has 2 N–H and O–H groups in total. The Balaban J connectivity index is 5.11. The first-order valence-electron chi connectivity index (χ1n) is 6.30. The number of carbonyl (C=O) groups is 2. The summed E-state index contributed by atoms with van der Waals surface area (Å²) >= 11 is 0. The van der Waals surface area contributed by atoms with Crippen LogP contribution in [0.15, 0.2) is 0 Å². The van der Waals surface area contributed by atoms with E-state index < -0.39 is 11.4 Å². The largest absolute Gasteiger partial charge is 0.480 e. The first-order chi connectivity index (χ1) is 7.79. The molecule has 18 heavy (non-hydrogen) atoms. The van der Waals surface area contributed by atoms with E-state index >= 15 is 0 Å². The maximum Gasteiger partial charge on any atom is 0.322 e. The molecule has 4 nitrogen and oxygen atoms in total. The Morgan fingerprint density at radius 3 is 1.72 bits per heavy atom. The Labute approximate surface area is 110 Å². The third-order valence-corrected chi connectivity index (χ3v) is 3.44. The van der Waals surface area contributed by atoms with Crippen LogP contribution in [-0.4, -0.2) is 23.5 Å². The van der Waals surface area contributed by atoms with Crippen LogP contribution < -0.4 is 5.32 Å². The molecular weight excluding hydrogens is 230 g/mol. The normalized spacial score (nSPS) is 15.9. The SMILES string of the molecule is CC(C)(C)CC(C)(C(=O)NCC(=O)O)C(C)(C)C. The van der Waals surface area contributed by atoms with Gasteiger partial charge in [0.15, 0.2) is 0 Å². The van der Waals surface area contributed by atoms with E-state index in [4.69, 9.17) is 5.11 Å². The molecule has 1 atom stereocenters. The van der Waals surface area contributed by atoms with Crippen molar-refractivity contribution in [1.29, 1.82) is 0 Å². The summed E-state index contributed by atoms with van der Waals surface area (Å²) in [4.78, 5) is 22.9. The molecule has 106 valence electrons. The lowest BCUT2D eigenvalue weighted by molar-refractivity contribution is -0.144. The van der Waals surface area contributed by atoms with Crippen molar-refractivity contribution in [2.24, 2.45) is 16.2 Å². The summed E-state index contributed by atoms with van der Waals surface area (Å²) in [7, 11) is 0. The minimum atomic E-state index is -1.02. The quantitative estimate of drug-likeness (QED) is 0.813. The first-order valence-corrected chi connectivity index (χ1v) is 6.30. The molecule has 1 amide bonds. The van der Waals surface area contributed by atoms with Crippen molar-refractivity contribution in [3.8, 4) is 0 Å². The molecule has 0 aliphatic rings. The van der Waals surface area contributed by atoms with Crippen molar-refractivity contribution in [1.82, 2.24) is 5.32 Å². The minimum Gasteiger partial charge on any atom is -0.480 e. The average Bonchev–Trinajstić information content (AvgIpc) is 2.09. The Hall–Kier alpha value is -1.06. The van der Waals surface area contributed by atoms with Crippen LogP contribution in [0.1, 0.15) is 54.9 Å². The van der Waals surface area contributed by atoms with Crippen molar-refractivity contribution >= 4 is 11.9 Å². The topological polar surface area (TPSA) is 66.4 Å². The highest BCUT2D eigenvalue weighted by molar-refractivity contribution is 5.86. The zero-order valence-electron chi connectivity index (χ0n) is 12.7. The average molecular weight is 257 g/mol.